The molecule has 5 heteroatoms. The molecule has 0 bridgehead atoms. The lowest BCUT2D eigenvalue weighted by Gasteiger charge is -2.37. The third-order valence-corrected chi connectivity index (χ3v) is 3.79. The average molecular weight is 285 g/mol. The summed E-state index contributed by atoms with van der Waals surface area (Å²) in [6.45, 7) is 8.71. The van der Waals surface area contributed by atoms with Crippen molar-refractivity contribution in [3.05, 3.63) is 28.8 Å². The summed E-state index contributed by atoms with van der Waals surface area (Å²) in [6, 6.07) is 4.91. The van der Waals surface area contributed by atoms with Crippen molar-refractivity contribution in [3.63, 3.8) is 0 Å². The summed E-state index contributed by atoms with van der Waals surface area (Å²) >= 11 is 5.99. The minimum atomic E-state index is -1.03. The fourth-order valence-electron chi connectivity index (χ4n) is 1.27. The summed E-state index contributed by atoms with van der Waals surface area (Å²) < 4.78 is 0. The van der Waals surface area contributed by atoms with Crippen molar-refractivity contribution in [1.29, 1.82) is 0 Å². The molecule has 0 aliphatic rings. The molecule has 4 nitrogen and oxygen atoms in total. The molecule has 0 saturated carbocycles. The first kappa shape index (κ1) is 15.8. The number of hydrogen-bond donors (Lipinski definition) is 3. The smallest absolute Gasteiger partial charge is 0.319 e. The Bertz CT molecular complexity index is 479. The molecule has 0 heterocycles. The van der Waals surface area contributed by atoms with Gasteiger partial charge >= 0.3 is 6.03 Å². The van der Waals surface area contributed by atoms with Crippen molar-refractivity contribution >= 4 is 23.3 Å². The zero-order valence-corrected chi connectivity index (χ0v) is 12.7. The van der Waals surface area contributed by atoms with Crippen LogP contribution in [-0.2, 0) is 0 Å². The largest absolute Gasteiger partial charge is 0.388 e. The van der Waals surface area contributed by atoms with E-state index < -0.39 is 11.1 Å². The van der Waals surface area contributed by atoms with E-state index in [-0.39, 0.29) is 6.03 Å². The molecule has 2 amide bonds. The van der Waals surface area contributed by atoms with Gasteiger partial charge in [0.15, 0.2) is 0 Å². The Morgan fingerprint density at radius 3 is 2.32 bits per heavy atom. The van der Waals surface area contributed by atoms with E-state index in [0.717, 1.165) is 5.56 Å². The van der Waals surface area contributed by atoms with Crippen LogP contribution in [0.25, 0.3) is 0 Å². The topological polar surface area (TPSA) is 61.4 Å². The molecule has 0 unspecified atom stereocenters. The van der Waals surface area contributed by atoms with Crippen LogP contribution in [0.1, 0.15) is 33.3 Å². The van der Waals surface area contributed by atoms with Gasteiger partial charge in [-0.25, -0.2) is 4.79 Å². The molecule has 0 spiro atoms. The molecule has 1 rings (SSSR count). The molecule has 0 radical (unpaired) electrons. The molecule has 1 aromatic rings. The van der Waals surface area contributed by atoms with Crippen LogP contribution < -0.4 is 10.6 Å². The SMILES string of the molecule is Cc1ccc(NC(=O)NC(C)(C)C(C)(C)O)cc1Cl. The third-order valence-electron chi connectivity index (χ3n) is 3.39. The Labute approximate surface area is 119 Å². The number of carbonyl (C=O) groups is 1. The zero-order valence-electron chi connectivity index (χ0n) is 12.0. The molecule has 106 valence electrons. The molecular weight excluding hydrogens is 264 g/mol. The van der Waals surface area contributed by atoms with E-state index in [1.807, 2.05) is 13.0 Å². The van der Waals surface area contributed by atoms with Gasteiger partial charge in [0.1, 0.15) is 0 Å². The van der Waals surface area contributed by atoms with Crippen LogP contribution in [0.3, 0.4) is 0 Å². The maximum absolute atomic E-state index is 11.9. The quantitative estimate of drug-likeness (QED) is 0.797. The highest BCUT2D eigenvalue weighted by atomic mass is 35.5. The highest BCUT2D eigenvalue weighted by Crippen LogP contribution is 2.22. The lowest BCUT2D eigenvalue weighted by Crippen LogP contribution is -2.58. The number of amides is 2. The van der Waals surface area contributed by atoms with Gasteiger partial charge in [0.25, 0.3) is 0 Å². The molecular formula is C14H21ClN2O2. The fraction of sp³-hybridized carbons (Fsp3) is 0.500. The minimum Gasteiger partial charge on any atom is -0.388 e. The van der Waals surface area contributed by atoms with Gasteiger partial charge in [-0.15, -0.1) is 0 Å². The maximum atomic E-state index is 11.9. The number of rotatable bonds is 3. The van der Waals surface area contributed by atoms with E-state index in [2.05, 4.69) is 10.6 Å². The number of aryl methyl sites for hydroxylation is 1. The van der Waals surface area contributed by atoms with Crippen molar-refractivity contribution < 1.29 is 9.90 Å². The Morgan fingerprint density at radius 1 is 1.26 bits per heavy atom. The van der Waals surface area contributed by atoms with Crippen molar-refractivity contribution in [2.75, 3.05) is 5.32 Å². The van der Waals surface area contributed by atoms with E-state index in [4.69, 9.17) is 11.6 Å². The van der Waals surface area contributed by atoms with E-state index in [1.54, 1.807) is 39.8 Å². The molecule has 0 aliphatic carbocycles. The number of hydrogen-bond acceptors (Lipinski definition) is 2. The van der Waals surface area contributed by atoms with Crippen LogP contribution in [0.5, 0.6) is 0 Å². The van der Waals surface area contributed by atoms with Gasteiger partial charge in [-0.3, -0.25) is 0 Å². The molecule has 1 aromatic carbocycles. The molecule has 0 aromatic heterocycles. The number of benzene rings is 1. The first-order chi connectivity index (χ1) is 8.53. The molecule has 0 saturated heterocycles. The summed E-state index contributed by atoms with van der Waals surface area (Å²) in [4.78, 5) is 11.9. The van der Waals surface area contributed by atoms with Crippen molar-refractivity contribution in [2.24, 2.45) is 0 Å². The highest BCUT2D eigenvalue weighted by Gasteiger charge is 2.36. The van der Waals surface area contributed by atoms with Crippen LogP contribution in [0, 0.1) is 6.92 Å². The Hall–Kier alpha value is -1.26. The van der Waals surface area contributed by atoms with Gasteiger partial charge in [-0.2, -0.15) is 0 Å². The van der Waals surface area contributed by atoms with E-state index >= 15 is 0 Å². The van der Waals surface area contributed by atoms with Crippen LogP contribution in [0.4, 0.5) is 10.5 Å². The van der Waals surface area contributed by atoms with Gasteiger partial charge in [0, 0.05) is 10.7 Å². The number of halogens is 1. The van der Waals surface area contributed by atoms with Crippen LogP contribution >= 0.6 is 11.6 Å². The van der Waals surface area contributed by atoms with Crippen LogP contribution in [0.15, 0.2) is 18.2 Å². The van der Waals surface area contributed by atoms with E-state index in [0.29, 0.717) is 10.7 Å². The summed E-state index contributed by atoms with van der Waals surface area (Å²) in [5.41, 5.74) is -0.231. The summed E-state index contributed by atoms with van der Waals surface area (Å²) in [7, 11) is 0. The number of nitrogens with one attached hydrogen (secondary N) is 2. The molecule has 0 fully saturated rings. The summed E-state index contributed by atoms with van der Waals surface area (Å²) in [6.07, 6.45) is 0. The lowest BCUT2D eigenvalue weighted by molar-refractivity contribution is 0.00185. The maximum Gasteiger partial charge on any atom is 0.319 e. The van der Waals surface area contributed by atoms with Gasteiger partial charge in [-0.1, -0.05) is 17.7 Å². The Morgan fingerprint density at radius 2 is 1.84 bits per heavy atom. The van der Waals surface area contributed by atoms with Gasteiger partial charge < -0.3 is 15.7 Å². The fourth-order valence-corrected chi connectivity index (χ4v) is 1.45. The van der Waals surface area contributed by atoms with Gasteiger partial charge in [-0.05, 0) is 52.3 Å². The Kier molecular flexibility index (Phi) is 4.48. The van der Waals surface area contributed by atoms with Gasteiger partial charge in [0.05, 0.1) is 11.1 Å². The number of aliphatic hydroxyl groups is 1. The normalized spacial score (nSPS) is 12.2. The van der Waals surface area contributed by atoms with Crippen LogP contribution in [-0.4, -0.2) is 22.3 Å². The number of anilines is 1. The molecule has 0 aliphatic heterocycles. The van der Waals surface area contributed by atoms with Crippen LogP contribution in [0.2, 0.25) is 5.02 Å². The second-order valence-corrected chi connectivity index (χ2v) is 6.13. The third kappa shape index (κ3) is 4.11. The van der Waals surface area contributed by atoms with Gasteiger partial charge in [0.2, 0.25) is 0 Å². The van der Waals surface area contributed by atoms with E-state index in [1.165, 1.54) is 0 Å². The highest BCUT2D eigenvalue weighted by molar-refractivity contribution is 6.31. The lowest BCUT2D eigenvalue weighted by atomic mass is 9.86. The first-order valence-electron chi connectivity index (χ1n) is 6.10. The number of urea groups is 1. The van der Waals surface area contributed by atoms with E-state index in [9.17, 15) is 9.90 Å². The number of carbonyl (C=O) groups excluding carboxylic acids is 1. The first-order valence-corrected chi connectivity index (χ1v) is 6.48. The monoisotopic (exact) mass is 284 g/mol. The molecule has 19 heavy (non-hydrogen) atoms. The molecule has 0 atom stereocenters. The predicted molar refractivity (Wildman–Crippen MR) is 78.7 cm³/mol. The zero-order chi connectivity index (χ0) is 14.8. The predicted octanol–water partition coefficient (Wildman–Crippen LogP) is 3.32. The summed E-state index contributed by atoms with van der Waals surface area (Å²) in [5.74, 6) is 0. The standard InChI is InChI=1S/C14H21ClN2O2/c1-9-6-7-10(8-11(9)15)16-12(18)17-13(2,3)14(4,5)19/h6-8,19H,1-5H3,(H2,16,17,18). The second-order valence-electron chi connectivity index (χ2n) is 5.73. The van der Waals surface area contributed by atoms with Crippen molar-refractivity contribution in [2.45, 2.75) is 45.8 Å². The minimum absolute atomic E-state index is 0.382. The van der Waals surface area contributed by atoms with Crippen molar-refractivity contribution in [1.82, 2.24) is 5.32 Å². The Balaban J connectivity index is 2.73. The van der Waals surface area contributed by atoms with Crippen molar-refractivity contribution in [3.8, 4) is 0 Å². The average Bonchev–Trinajstić information content (AvgIpc) is 2.21. The molecule has 3 N–H and O–H groups in total. The second kappa shape index (κ2) is 5.39. The summed E-state index contributed by atoms with van der Waals surface area (Å²) in [5, 5.41) is 16.0.